The number of ether oxygens (including phenoxy) is 1. The minimum absolute atomic E-state index is 0.405. The first-order valence-corrected chi connectivity index (χ1v) is 6.17. The summed E-state index contributed by atoms with van der Waals surface area (Å²) in [6.07, 6.45) is 0.670. The molecule has 0 spiro atoms. The van der Waals surface area contributed by atoms with E-state index in [0.717, 1.165) is 18.7 Å². The minimum atomic E-state index is -0.742. The van der Waals surface area contributed by atoms with E-state index in [-0.39, 0.29) is 0 Å². The highest BCUT2D eigenvalue weighted by Gasteiger charge is 2.22. The van der Waals surface area contributed by atoms with E-state index in [9.17, 15) is 4.79 Å². The second kappa shape index (κ2) is 6.61. The zero-order valence-corrected chi connectivity index (χ0v) is 10.5. The monoisotopic (exact) mass is 260 g/mol. The van der Waals surface area contributed by atoms with Crippen LogP contribution in [0.3, 0.4) is 0 Å². The highest BCUT2D eigenvalue weighted by Crippen LogP contribution is 2.15. The van der Waals surface area contributed by atoms with Crippen LogP contribution >= 0.6 is 0 Å². The van der Waals surface area contributed by atoms with Crippen molar-refractivity contribution in [2.45, 2.75) is 6.23 Å². The quantitative estimate of drug-likeness (QED) is 0.477. The van der Waals surface area contributed by atoms with Crippen molar-refractivity contribution in [1.82, 2.24) is 15.5 Å². The fourth-order valence-electron chi connectivity index (χ4n) is 1.89. The zero-order valence-electron chi connectivity index (χ0n) is 10.5. The van der Waals surface area contributed by atoms with Gasteiger partial charge < -0.3 is 15.0 Å². The Morgan fingerprint density at radius 2 is 2.05 bits per heavy atom. The van der Waals surface area contributed by atoms with Crippen LogP contribution in [-0.4, -0.2) is 37.2 Å². The molecule has 1 atom stereocenters. The van der Waals surface area contributed by atoms with Crippen molar-refractivity contribution < 1.29 is 9.53 Å². The fraction of sp³-hybridized carbons (Fsp3) is 0.385. The number of piperazine rings is 1. The van der Waals surface area contributed by atoms with Gasteiger partial charge in [-0.25, -0.2) is 4.79 Å². The molecule has 0 bridgehead atoms. The summed E-state index contributed by atoms with van der Waals surface area (Å²) >= 11 is 0. The molecule has 1 unspecified atom stereocenters. The second-order valence-corrected chi connectivity index (χ2v) is 4.17. The van der Waals surface area contributed by atoms with E-state index in [4.69, 9.17) is 10.00 Å². The van der Waals surface area contributed by atoms with Crippen molar-refractivity contribution in [3.8, 4) is 6.19 Å². The molecular formula is C13H16N4O2. The summed E-state index contributed by atoms with van der Waals surface area (Å²) in [5.74, 6) is 0. The third kappa shape index (κ3) is 3.60. The topological polar surface area (TPSA) is 77.4 Å². The molecule has 1 heterocycles. The lowest BCUT2D eigenvalue weighted by molar-refractivity contribution is 0.0511. The molecule has 0 radical (unpaired) electrons. The third-order valence-corrected chi connectivity index (χ3v) is 2.89. The highest BCUT2D eigenvalue weighted by atomic mass is 16.6. The lowest BCUT2D eigenvalue weighted by Crippen LogP contribution is -2.47. The molecule has 1 amide bonds. The Labute approximate surface area is 112 Å². The molecule has 1 aliphatic rings. The van der Waals surface area contributed by atoms with Gasteiger partial charge in [0, 0.05) is 31.7 Å². The van der Waals surface area contributed by atoms with Crippen molar-refractivity contribution in [3.63, 3.8) is 0 Å². The zero-order chi connectivity index (χ0) is 13.5. The molecule has 0 aromatic heterocycles. The predicted octanol–water partition coefficient (Wildman–Crippen LogP) is 0.798. The number of amides is 1. The van der Waals surface area contributed by atoms with E-state index in [2.05, 4.69) is 10.6 Å². The summed E-state index contributed by atoms with van der Waals surface area (Å²) in [7, 11) is 0. The van der Waals surface area contributed by atoms with Gasteiger partial charge in [0.1, 0.15) is 0 Å². The number of rotatable bonds is 3. The minimum Gasteiger partial charge on any atom is -0.420 e. The van der Waals surface area contributed by atoms with E-state index in [1.165, 1.54) is 0 Å². The standard InChI is InChI=1S/C13H16N4O2/c14-10-16-12(11-4-2-1-3-5-11)19-13(18)17-8-6-15-7-9-17/h1-5,12,15-16H,6-9H2. The predicted molar refractivity (Wildman–Crippen MR) is 68.9 cm³/mol. The van der Waals surface area contributed by atoms with Crippen LogP contribution in [-0.2, 0) is 4.74 Å². The van der Waals surface area contributed by atoms with Gasteiger partial charge in [-0.3, -0.25) is 5.32 Å². The average molecular weight is 260 g/mol. The van der Waals surface area contributed by atoms with Crippen molar-refractivity contribution in [1.29, 1.82) is 5.26 Å². The Hall–Kier alpha value is -2.26. The van der Waals surface area contributed by atoms with Crippen molar-refractivity contribution >= 4 is 6.09 Å². The van der Waals surface area contributed by atoms with Gasteiger partial charge in [0.25, 0.3) is 0 Å². The molecule has 1 aromatic carbocycles. The first-order chi connectivity index (χ1) is 9.31. The van der Waals surface area contributed by atoms with Gasteiger partial charge in [-0.15, -0.1) is 0 Å². The molecule has 1 aliphatic heterocycles. The number of nitrogens with zero attached hydrogens (tertiary/aromatic N) is 2. The van der Waals surface area contributed by atoms with Crippen molar-refractivity contribution in [2.75, 3.05) is 26.2 Å². The van der Waals surface area contributed by atoms with Crippen LogP contribution in [0.2, 0.25) is 0 Å². The Morgan fingerprint density at radius 3 is 2.68 bits per heavy atom. The maximum absolute atomic E-state index is 12.0. The molecule has 1 fully saturated rings. The van der Waals surface area contributed by atoms with Gasteiger partial charge in [0.2, 0.25) is 6.23 Å². The summed E-state index contributed by atoms with van der Waals surface area (Å²) in [5, 5.41) is 14.4. The highest BCUT2D eigenvalue weighted by molar-refractivity contribution is 5.68. The van der Waals surface area contributed by atoms with E-state index in [0.29, 0.717) is 13.1 Å². The molecule has 0 saturated carbocycles. The first-order valence-electron chi connectivity index (χ1n) is 6.17. The lowest BCUT2D eigenvalue weighted by atomic mass is 10.2. The van der Waals surface area contributed by atoms with Gasteiger partial charge >= 0.3 is 6.09 Å². The SMILES string of the molecule is N#CNC(OC(=O)N1CCNCC1)c1ccccc1. The molecule has 6 heteroatoms. The van der Waals surface area contributed by atoms with E-state index < -0.39 is 12.3 Å². The van der Waals surface area contributed by atoms with Crippen LogP contribution in [0.5, 0.6) is 0 Å². The number of carbonyl (C=O) groups is 1. The largest absolute Gasteiger partial charge is 0.420 e. The first kappa shape index (κ1) is 13.2. The van der Waals surface area contributed by atoms with Crippen LogP contribution in [0.4, 0.5) is 4.79 Å². The van der Waals surface area contributed by atoms with Gasteiger partial charge in [0.15, 0.2) is 6.19 Å². The van der Waals surface area contributed by atoms with Crippen LogP contribution in [0.1, 0.15) is 11.8 Å². The molecule has 1 saturated heterocycles. The average Bonchev–Trinajstić information content (AvgIpc) is 2.48. The normalized spacial score (nSPS) is 16.3. The van der Waals surface area contributed by atoms with Gasteiger partial charge in [-0.1, -0.05) is 30.3 Å². The van der Waals surface area contributed by atoms with Crippen LogP contribution in [0.15, 0.2) is 30.3 Å². The number of hydrogen-bond acceptors (Lipinski definition) is 5. The smallest absolute Gasteiger partial charge is 0.412 e. The summed E-state index contributed by atoms with van der Waals surface area (Å²) < 4.78 is 5.34. The van der Waals surface area contributed by atoms with Crippen LogP contribution < -0.4 is 10.6 Å². The number of nitriles is 1. The lowest BCUT2D eigenvalue weighted by Gasteiger charge is -2.28. The second-order valence-electron chi connectivity index (χ2n) is 4.17. The van der Waals surface area contributed by atoms with E-state index in [1.54, 1.807) is 17.0 Å². The number of benzene rings is 1. The molecule has 0 aliphatic carbocycles. The molecule has 2 rings (SSSR count). The molecule has 100 valence electrons. The fourth-order valence-corrected chi connectivity index (χ4v) is 1.89. The molecule has 6 nitrogen and oxygen atoms in total. The maximum Gasteiger partial charge on any atom is 0.412 e. The van der Waals surface area contributed by atoms with E-state index in [1.807, 2.05) is 24.4 Å². The molecular weight excluding hydrogens is 244 g/mol. The van der Waals surface area contributed by atoms with Crippen LogP contribution in [0, 0.1) is 11.5 Å². The molecule has 1 aromatic rings. The van der Waals surface area contributed by atoms with Gasteiger partial charge in [0.05, 0.1) is 0 Å². The Balaban J connectivity index is 2.00. The number of carbonyl (C=O) groups excluding carboxylic acids is 1. The van der Waals surface area contributed by atoms with Crippen molar-refractivity contribution in [2.24, 2.45) is 0 Å². The van der Waals surface area contributed by atoms with E-state index >= 15 is 0 Å². The Morgan fingerprint density at radius 1 is 1.37 bits per heavy atom. The Bertz CT molecular complexity index is 451. The summed E-state index contributed by atoms with van der Waals surface area (Å²) in [5.41, 5.74) is 0.743. The molecule has 2 N–H and O–H groups in total. The third-order valence-electron chi connectivity index (χ3n) is 2.89. The molecule has 19 heavy (non-hydrogen) atoms. The summed E-state index contributed by atoms with van der Waals surface area (Å²) in [6.45, 7) is 2.76. The number of hydrogen-bond donors (Lipinski definition) is 2. The summed E-state index contributed by atoms with van der Waals surface area (Å²) in [6, 6.07) is 9.14. The van der Waals surface area contributed by atoms with Gasteiger partial charge in [-0.2, -0.15) is 5.26 Å². The van der Waals surface area contributed by atoms with Gasteiger partial charge in [-0.05, 0) is 0 Å². The maximum atomic E-state index is 12.0. The Kier molecular flexibility index (Phi) is 4.59. The van der Waals surface area contributed by atoms with Crippen molar-refractivity contribution in [3.05, 3.63) is 35.9 Å². The van der Waals surface area contributed by atoms with Crippen LogP contribution in [0.25, 0.3) is 0 Å². The number of nitrogens with one attached hydrogen (secondary N) is 2. The summed E-state index contributed by atoms with van der Waals surface area (Å²) in [4.78, 5) is 13.6.